The Morgan fingerprint density at radius 2 is 1.79 bits per heavy atom. The molecule has 4 aromatic rings. The Bertz CT molecular complexity index is 1340. The van der Waals surface area contributed by atoms with E-state index < -0.39 is 21.6 Å². The number of aromatic nitrogens is 5. The van der Waals surface area contributed by atoms with Crippen LogP contribution in [0.2, 0.25) is 0 Å². The van der Waals surface area contributed by atoms with Gasteiger partial charge in [0, 0.05) is 30.0 Å². The van der Waals surface area contributed by atoms with E-state index in [9.17, 15) is 8.42 Å². The third-order valence-corrected chi connectivity index (χ3v) is 7.71. The van der Waals surface area contributed by atoms with E-state index in [2.05, 4.69) is 30.7 Å². The highest BCUT2D eigenvalue weighted by Crippen LogP contribution is 2.34. The molecule has 0 aliphatic rings. The second-order valence-electron chi connectivity index (χ2n) is 7.11. The summed E-state index contributed by atoms with van der Waals surface area (Å²) in [7, 11) is -2.40. The van der Waals surface area contributed by atoms with Gasteiger partial charge in [-0.25, -0.2) is 14.5 Å². The highest BCUT2D eigenvalue weighted by atomic mass is 32.2. The first-order valence-corrected chi connectivity index (χ1v) is 12.2. The van der Waals surface area contributed by atoms with Crippen LogP contribution in [0.1, 0.15) is 29.3 Å². The largest absolute Gasteiger partial charge is 0.290 e. The predicted molar refractivity (Wildman–Crippen MR) is 115 cm³/mol. The first kappa shape index (κ1) is 19.9. The minimum absolute atomic E-state index is 0.472. The van der Waals surface area contributed by atoms with Gasteiger partial charge in [-0.1, -0.05) is 6.92 Å². The van der Waals surface area contributed by atoms with Gasteiger partial charge in [-0.15, -0.1) is 0 Å². The maximum absolute atomic E-state index is 13.1. The van der Waals surface area contributed by atoms with Crippen molar-refractivity contribution >= 4 is 32.8 Å². The first-order chi connectivity index (χ1) is 13.7. The molecule has 2 atom stereocenters. The SMILES string of the molecule is CCS(=O)c1c(-c2cn3cnc(S(C)=O)cc3n2)nn2c(C)c(C)c(C)c(C)c12. The molecular weight excluding hydrogens is 406 g/mol. The van der Waals surface area contributed by atoms with Crippen molar-refractivity contribution in [1.82, 2.24) is 24.0 Å². The molecule has 0 N–H and O–H groups in total. The van der Waals surface area contributed by atoms with Crippen molar-refractivity contribution < 1.29 is 8.42 Å². The van der Waals surface area contributed by atoms with Gasteiger partial charge in [-0.2, -0.15) is 5.10 Å². The quantitative estimate of drug-likeness (QED) is 0.466. The Balaban J connectivity index is 2.07. The summed E-state index contributed by atoms with van der Waals surface area (Å²) in [5.74, 6) is 0.494. The van der Waals surface area contributed by atoms with Crippen molar-refractivity contribution in [2.45, 2.75) is 44.5 Å². The van der Waals surface area contributed by atoms with Crippen molar-refractivity contribution in [3.63, 3.8) is 0 Å². The van der Waals surface area contributed by atoms with Crippen molar-refractivity contribution in [2.24, 2.45) is 0 Å². The summed E-state index contributed by atoms with van der Waals surface area (Å²) in [4.78, 5) is 9.61. The summed E-state index contributed by atoms with van der Waals surface area (Å²) in [5, 5.41) is 5.31. The van der Waals surface area contributed by atoms with Gasteiger partial charge in [0.25, 0.3) is 0 Å². The molecule has 0 aliphatic carbocycles. The van der Waals surface area contributed by atoms with E-state index in [0.29, 0.717) is 32.7 Å². The number of hydrogen-bond acceptors (Lipinski definition) is 5. The van der Waals surface area contributed by atoms with Gasteiger partial charge in [0.05, 0.1) is 32.0 Å². The molecule has 0 radical (unpaired) electrons. The van der Waals surface area contributed by atoms with Crippen LogP contribution in [0.5, 0.6) is 0 Å². The van der Waals surface area contributed by atoms with E-state index in [1.54, 1.807) is 23.1 Å². The van der Waals surface area contributed by atoms with E-state index in [-0.39, 0.29) is 0 Å². The van der Waals surface area contributed by atoms with Crippen LogP contribution in [0, 0.1) is 27.7 Å². The molecule has 4 aromatic heterocycles. The summed E-state index contributed by atoms with van der Waals surface area (Å²) >= 11 is 0. The zero-order chi connectivity index (χ0) is 21.0. The van der Waals surface area contributed by atoms with E-state index in [1.807, 2.05) is 24.6 Å². The average molecular weight is 430 g/mol. The lowest BCUT2D eigenvalue weighted by atomic mass is 10.0. The zero-order valence-corrected chi connectivity index (χ0v) is 18.9. The van der Waals surface area contributed by atoms with Crippen LogP contribution in [-0.2, 0) is 21.6 Å². The highest BCUT2D eigenvalue weighted by Gasteiger charge is 2.25. The molecule has 7 nitrogen and oxygen atoms in total. The van der Waals surface area contributed by atoms with Crippen LogP contribution in [-0.4, -0.2) is 44.4 Å². The molecule has 9 heteroatoms. The molecule has 0 aliphatic heterocycles. The van der Waals surface area contributed by atoms with Gasteiger partial charge in [0.2, 0.25) is 0 Å². The fourth-order valence-electron chi connectivity index (χ4n) is 3.54. The van der Waals surface area contributed by atoms with Crippen LogP contribution in [0.4, 0.5) is 0 Å². The standard InChI is InChI=1S/C20H23N5O2S2/c1-7-29(27)20-18(23-25-14(5)12(3)11(2)13(4)19(20)25)15-9-24-10-21-17(28(6)26)8-16(24)22-15/h8-10H,7H2,1-6H3. The van der Waals surface area contributed by atoms with Crippen molar-refractivity contribution in [3.8, 4) is 11.4 Å². The number of pyridine rings is 1. The average Bonchev–Trinajstić information content (AvgIpc) is 3.30. The van der Waals surface area contributed by atoms with E-state index in [4.69, 9.17) is 5.10 Å². The Kier molecular flexibility index (Phi) is 4.90. The zero-order valence-electron chi connectivity index (χ0n) is 17.3. The Hall–Kier alpha value is -2.39. The lowest BCUT2D eigenvalue weighted by Gasteiger charge is -2.12. The number of nitrogens with zero attached hydrogens (tertiary/aromatic N) is 5. The molecule has 152 valence electrons. The molecule has 2 unspecified atom stereocenters. The Morgan fingerprint density at radius 3 is 2.45 bits per heavy atom. The van der Waals surface area contributed by atoms with Gasteiger partial charge in [-0.05, 0) is 44.4 Å². The van der Waals surface area contributed by atoms with Crippen LogP contribution < -0.4 is 0 Å². The van der Waals surface area contributed by atoms with Gasteiger partial charge < -0.3 is 0 Å². The summed E-state index contributed by atoms with van der Waals surface area (Å²) < 4.78 is 28.5. The predicted octanol–water partition coefficient (Wildman–Crippen LogP) is 3.14. The maximum Gasteiger partial charge on any atom is 0.141 e. The fraction of sp³-hybridized carbons (Fsp3) is 0.350. The van der Waals surface area contributed by atoms with E-state index in [1.165, 1.54) is 11.1 Å². The van der Waals surface area contributed by atoms with Crippen LogP contribution >= 0.6 is 0 Å². The Morgan fingerprint density at radius 1 is 1.07 bits per heavy atom. The molecule has 0 amide bonds. The van der Waals surface area contributed by atoms with Gasteiger partial charge in [-0.3, -0.25) is 12.8 Å². The monoisotopic (exact) mass is 429 g/mol. The number of imidazole rings is 1. The number of rotatable bonds is 4. The topological polar surface area (TPSA) is 81.6 Å². The minimum atomic E-state index is -1.21. The van der Waals surface area contributed by atoms with E-state index >= 15 is 0 Å². The second kappa shape index (κ2) is 7.14. The minimum Gasteiger partial charge on any atom is -0.290 e. The van der Waals surface area contributed by atoms with Crippen LogP contribution in [0.3, 0.4) is 0 Å². The highest BCUT2D eigenvalue weighted by molar-refractivity contribution is 7.85. The Labute approximate surface area is 174 Å². The molecule has 4 heterocycles. The molecular formula is C20H23N5O2S2. The molecule has 0 saturated heterocycles. The summed E-state index contributed by atoms with van der Waals surface area (Å²) in [6, 6.07) is 1.71. The third kappa shape index (κ3) is 3.03. The third-order valence-electron chi connectivity index (χ3n) is 5.53. The maximum atomic E-state index is 13.1. The van der Waals surface area contributed by atoms with Crippen LogP contribution in [0.25, 0.3) is 22.6 Å². The van der Waals surface area contributed by atoms with Gasteiger partial charge in [0.15, 0.2) is 0 Å². The number of aryl methyl sites for hydroxylation is 2. The molecule has 0 saturated carbocycles. The fourth-order valence-corrected chi connectivity index (χ4v) is 5.11. The second-order valence-corrected chi connectivity index (χ2v) is 10.1. The number of fused-ring (bicyclic) bond motifs is 2. The van der Waals surface area contributed by atoms with Crippen LogP contribution in [0.15, 0.2) is 28.5 Å². The molecule has 0 aromatic carbocycles. The summed E-state index contributed by atoms with van der Waals surface area (Å²) in [6.07, 6.45) is 5.01. The summed E-state index contributed by atoms with van der Waals surface area (Å²) in [5.41, 5.74) is 7.23. The first-order valence-electron chi connectivity index (χ1n) is 9.30. The molecule has 0 fully saturated rings. The van der Waals surface area contributed by atoms with Gasteiger partial charge in [0.1, 0.15) is 28.4 Å². The lowest BCUT2D eigenvalue weighted by Crippen LogP contribution is -2.03. The summed E-state index contributed by atoms with van der Waals surface area (Å²) in [6.45, 7) is 10.2. The number of hydrogen-bond donors (Lipinski definition) is 0. The van der Waals surface area contributed by atoms with E-state index in [0.717, 1.165) is 16.8 Å². The molecule has 4 rings (SSSR count). The van der Waals surface area contributed by atoms with Crippen molar-refractivity contribution in [2.75, 3.05) is 12.0 Å². The van der Waals surface area contributed by atoms with Crippen molar-refractivity contribution in [3.05, 3.63) is 41.0 Å². The molecule has 0 spiro atoms. The molecule has 29 heavy (non-hydrogen) atoms. The smallest absolute Gasteiger partial charge is 0.141 e. The molecule has 0 bridgehead atoms. The lowest BCUT2D eigenvalue weighted by molar-refractivity contribution is 0.683. The normalized spacial score (nSPS) is 14.0. The van der Waals surface area contributed by atoms with Gasteiger partial charge >= 0.3 is 0 Å². The van der Waals surface area contributed by atoms with Crippen molar-refractivity contribution in [1.29, 1.82) is 0 Å².